The molecule has 19 heavy (non-hydrogen) atoms. The van der Waals surface area contributed by atoms with Crippen LogP contribution in [0.4, 0.5) is 0 Å². The molecule has 1 heterocycles. The van der Waals surface area contributed by atoms with Crippen LogP contribution < -0.4 is 10.5 Å². The van der Waals surface area contributed by atoms with Gasteiger partial charge in [0.15, 0.2) is 0 Å². The third kappa shape index (κ3) is 2.20. The van der Waals surface area contributed by atoms with Crippen LogP contribution >= 0.6 is 0 Å². The van der Waals surface area contributed by atoms with Crippen molar-refractivity contribution in [2.45, 2.75) is 25.0 Å². The second-order valence-electron chi connectivity index (χ2n) is 5.00. The summed E-state index contributed by atoms with van der Waals surface area (Å²) in [6.45, 7) is 0.769. The molecule has 1 saturated heterocycles. The molecular weight excluding hydrogens is 238 g/mol. The van der Waals surface area contributed by atoms with Crippen LogP contribution in [-0.4, -0.2) is 19.8 Å². The largest absolute Gasteiger partial charge is 0.496 e. The van der Waals surface area contributed by atoms with E-state index >= 15 is 0 Å². The fraction of sp³-hybridized carbons (Fsp3) is 0.375. The second-order valence-corrected chi connectivity index (χ2v) is 5.00. The molecule has 1 fully saturated rings. The minimum atomic E-state index is -0.0743. The molecule has 0 aliphatic carbocycles. The average Bonchev–Trinajstić information content (AvgIpc) is 2.47. The third-order valence-electron chi connectivity index (χ3n) is 3.80. The lowest BCUT2D eigenvalue weighted by Gasteiger charge is -2.31. The standard InChI is InChI=1S/C16H19NO2/c1-18-14-9-8-11-5-2-3-6-12(11)15(14)16-13(17)7-4-10-19-16/h2-3,5-6,8-9,13,16H,4,7,10,17H2,1H3. The second kappa shape index (κ2) is 5.19. The molecule has 2 aromatic rings. The Labute approximate surface area is 113 Å². The summed E-state index contributed by atoms with van der Waals surface area (Å²) in [5.41, 5.74) is 7.34. The number of hydrogen-bond acceptors (Lipinski definition) is 3. The van der Waals surface area contributed by atoms with Gasteiger partial charge in [-0.25, -0.2) is 0 Å². The highest BCUT2D eigenvalue weighted by Crippen LogP contribution is 2.38. The molecule has 3 rings (SSSR count). The Morgan fingerprint density at radius 1 is 1.21 bits per heavy atom. The molecule has 3 nitrogen and oxygen atoms in total. The van der Waals surface area contributed by atoms with Crippen molar-refractivity contribution in [1.82, 2.24) is 0 Å². The molecule has 2 unspecified atom stereocenters. The van der Waals surface area contributed by atoms with E-state index in [-0.39, 0.29) is 12.1 Å². The van der Waals surface area contributed by atoms with E-state index in [1.165, 1.54) is 10.8 Å². The van der Waals surface area contributed by atoms with Gasteiger partial charge in [0.25, 0.3) is 0 Å². The maximum absolute atomic E-state index is 6.25. The molecule has 3 heteroatoms. The van der Waals surface area contributed by atoms with Crippen LogP contribution in [0.25, 0.3) is 10.8 Å². The molecule has 2 atom stereocenters. The van der Waals surface area contributed by atoms with Crippen molar-refractivity contribution in [3.05, 3.63) is 42.0 Å². The summed E-state index contributed by atoms with van der Waals surface area (Å²) in [6, 6.07) is 12.4. The summed E-state index contributed by atoms with van der Waals surface area (Å²) in [5, 5.41) is 2.36. The van der Waals surface area contributed by atoms with Gasteiger partial charge in [0.05, 0.1) is 7.11 Å². The highest BCUT2D eigenvalue weighted by atomic mass is 16.5. The minimum Gasteiger partial charge on any atom is -0.496 e. The lowest BCUT2D eigenvalue weighted by atomic mass is 9.92. The van der Waals surface area contributed by atoms with Gasteiger partial charge in [0.2, 0.25) is 0 Å². The number of nitrogens with two attached hydrogens (primary N) is 1. The number of hydrogen-bond donors (Lipinski definition) is 1. The first kappa shape index (κ1) is 12.5. The summed E-state index contributed by atoms with van der Waals surface area (Å²) < 4.78 is 11.4. The van der Waals surface area contributed by atoms with Gasteiger partial charge in [-0.05, 0) is 29.7 Å². The molecule has 0 radical (unpaired) electrons. The monoisotopic (exact) mass is 257 g/mol. The van der Waals surface area contributed by atoms with Gasteiger partial charge in [-0.15, -0.1) is 0 Å². The van der Waals surface area contributed by atoms with Crippen LogP contribution in [0.15, 0.2) is 36.4 Å². The average molecular weight is 257 g/mol. The maximum atomic E-state index is 6.25. The summed E-state index contributed by atoms with van der Waals surface area (Å²) in [6.07, 6.45) is 1.96. The van der Waals surface area contributed by atoms with E-state index in [1.807, 2.05) is 18.2 Å². The summed E-state index contributed by atoms with van der Waals surface area (Å²) in [4.78, 5) is 0. The predicted molar refractivity (Wildman–Crippen MR) is 76.4 cm³/mol. The summed E-state index contributed by atoms with van der Waals surface area (Å²) in [7, 11) is 1.70. The van der Waals surface area contributed by atoms with Crippen LogP contribution in [0.1, 0.15) is 24.5 Å². The molecule has 0 bridgehead atoms. The third-order valence-corrected chi connectivity index (χ3v) is 3.80. The maximum Gasteiger partial charge on any atom is 0.125 e. The molecule has 0 amide bonds. The van der Waals surface area contributed by atoms with Gasteiger partial charge in [-0.1, -0.05) is 30.3 Å². The van der Waals surface area contributed by atoms with Crippen molar-refractivity contribution >= 4 is 10.8 Å². The topological polar surface area (TPSA) is 44.5 Å². The number of rotatable bonds is 2. The van der Waals surface area contributed by atoms with E-state index in [9.17, 15) is 0 Å². The highest BCUT2D eigenvalue weighted by molar-refractivity contribution is 5.88. The summed E-state index contributed by atoms with van der Waals surface area (Å²) in [5.74, 6) is 0.862. The van der Waals surface area contributed by atoms with Crippen molar-refractivity contribution in [3.63, 3.8) is 0 Å². The number of benzene rings is 2. The molecule has 100 valence electrons. The predicted octanol–water partition coefficient (Wildman–Crippen LogP) is 3.03. The molecule has 0 aromatic heterocycles. The van der Waals surface area contributed by atoms with E-state index in [4.69, 9.17) is 15.2 Å². The van der Waals surface area contributed by atoms with E-state index < -0.39 is 0 Å². The van der Waals surface area contributed by atoms with Crippen molar-refractivity contribution in [2.75, 3.05) is 13.7 Å². The normalized spacial score (nSPS) is 23.5. The Morgan fingerprint density at radius 3 is 2.84 bits per heavy atom. The van der Waals surface area contributed by atoms with Gasteiger partial charge in [0, 0.05) is 18.2 Å². The Kier molecular flexibility index (Phi) is 3.40. The lowest BCUT2D eigenvalue weighted by molar-refractivity contribution is -0.000202. The van der Waals surface area contributed by atoms with Crippen molar-refractivity contribution in [1.29, 1.82) is 0 Å². The van der Waals surface area contributed by atoms with Crippen molar-refractivity contribution < 1.29 is 9.47 Å². The summed E-state index contributed by atoms with van der Waals surface area (Å²) >= 11 is 0. The van der Waals surface area contributed by atoms with Crippen LogP contribution in [0.2, 0.25) is 0 Å². The minimum absolute atomic E-state index is 0.0356. The molecular formula is C16H19NO2. The highest BCUT2D eigenvalue weighted by Gasteiger charge is 2.28. The zero-order valence-corrected chi connectivity index (χ0v) is 11.1. The first-order chi connectivity index (χ1) is 9.31. The Balaban J connectivity index is 2.18. The van der Waals surface area contributed by atoms with Crippen LogP contribution in [-0.2, 0) is 4.74 Å². The van der Waals surface area contributed by atoms with E-state index in [0.717, 1.165) is 30.8 Å². The molecule has 1 aliphatic rings. The van der Waals surface area contributed by atoms with E-state index in [2.05, 4.69) is 18.2 Å². The first-order valence-electron chi connectivity index (χ1n) is 6.74. The number of fused-ring (bicyclic) bond motifs is 1. The van der Waals surface area contributed by atoms with E-state index in [0.29, 0.717) is 0 Å². The fourth-order valence-electron chi connectivity index (χ4n) is 2.85. The van der Waals surface area contributed by atoms with Gasteiger partial charge < -0.3 is 15.2 Å². The van der Waals surface area contributed by atoms with Crippen LogP contribution in [0, 0.1) is 0 Å². The van der Waals surface area contributed by atoms with Gasteiger partial charge in [-0.3, -0.25) is 0 Å². The Hall–Kier alpha value is -1.58. The SMILES string of the molecule is COc1ccc2ccccc2c1C1OCCCC1N. The van der Waals surface area contributed by atoms with Gasteiger partial charge in [-0.2, -0.15) is 0 Å². The molecule has 0 saturated carbocycles. The van der Waals surface area contributed by atoms with Crippen molar-refractivity contribution in [3.8, 4) is 5.75 Å². The quantitative estimate of drug-likeness (QED) is 0.899. The molecule has 2 aromatic carbocycles. The Bertz CT molecular complexity index is 582. The van der Waals surface area contributed by atoms with Gasteiger partial charge in [0.1, 0.15) is 11.9 Å². The van der Waals surface area contributed by atoms with Gasteiger partial charge >= 0.3 is 0 Å². The van der Waals surface area contributed by atoms with Crippen molar-refractivity contribution in [2.24, 2.45) is 5.73 Å². The lowest BCUT2D eigenvalue weighted by Crippen LogP contribution is -2.34. The number of ether oxygens (including phenoxy) is 2. The number of methoxy groups -OCH3 is 1. The molecule has 0 spiro atoms. The van der Waals surface area contributed by atoms with E-state index in [1.54, 1.807) is 7.11 Å². The Morgan fingerprint density at radius 2 is 2.05 bits per heavy atom. The van der Waals surface area contributed by atoms with Crippen LogP contribution in [0.5, 0.6) is 5.75 Å². The molecule has 1 aliphatic heterocycles. The first-order valence-corrected chi connectivity index (χ1v) is 6.74. The zero-order valence-electron chi connectivity index (χ0n) is 11.1. The smallest absolute Gasteiger partial charge is 0.125 e. The van der Waals surface area contributed by atoms with Crippen LogP contribution in [0.3, 0.4) is 0 Å². The molecule has 2 N–H and O–H groups in total. The fourth-order valence-corrected chi connectivity index (χ4v) is 2.85. The zero-order chi connectivity index (χ0) is 13.2.